The van der Waals surface area contributed by atoms with Crippen LogP contribution >= 0.6 is 0 Å². The molecule has 0 radical (unpaired) electrons. The first-order chi connectivity index (χ1) is 10.4. The zero-order valence-corrected chi connectivity index (χ0v) is 11.3. The van der Waals surface area contributed by atoms with Crippen molar-refractivity contribution >= 4 is 0 Å². The van der Waals surface area contributed by atoms with Crippen LogP contribution in [0.1, 0.15) is 5.69 Å². The van der Waals surface area contributed by atoms with Gasteiger partial charge < -0.3 is 4.74 Å². The van der Waals surface area contributed by atoms with Crippen LogP contribution in [-0.2, 0) is 0 Å². The summed E-state index contributed by atoms with van der Waals surface area (Å²) in [4.78, 5) is 0. The molecule has 0 aliphatic carbocycles. The van der Waals surface area contributed by atoms with Crippen molar-refractivity contribution in [3.05, 3.63) is 42.2 Å². The molecule has 0 atom stereocenters. The first-order valence-electron chi connectivity index (χ1n) is 6.22. The Hall–Kier alpha value is -2.84. The molecule has 0 bridgehead atoms. The first kappa shape index (κ1) is 14.1. The normalized spacial score (nSPS) is 11.6. The molecule has 0 spiro atoms. The van der Waals surface area contributed by atoms with E-state index in [1.54, 1.807) is 19.2 Å². The van der Waals surface area contributed by atoms with Crippen LogP contribution in [-0.4, -0.2) is 31.6 Å². The van der Waals surface area contributed by atoms with Gasteiger partial charge in [-0.25, -0.2) is 4.68 Å². The Labute approximate surface area is 122 Å². The molecular weight excluding hydrogens is 299 g/mol. The summed E-state index contributed by atoms with van der Waals surface area (Å²) in [6, 6.07) is 7.14. The van der Waals surface area contributed by atoms with Gasteiger partial charge in [0, 0.05) is 6.20 Å². The molecule has 1 aromatic carbocycles. The molecule has 114 valence electrons. The summed E-state index contributed by atoms with van der Waals surface area (Å²) in [5, 5.41) is 14.7. The van der Waals surface area contributed by atoms with E-state index in [1.807, 2.05) is 0 Å². The molecule has 9 heteroatoms. The number of ether oxygens (including phenoxy) is 1. The Kier molecular flexibility index (Phi) is 3.32. The molecule has 0 amide bonds. The summed E-state index contributed by atoms with van der Waals surface area (Å²) in [6.07, 6.45) is -3.12. The molecule has 22 heavy (non-hydrogen) atoms. The van der Waals surface area contributed by atoms with Gasteiger partial charge in [-0.3, -0.25) is 5.10 Å². The van der Waals surface area contributed by atoms with Gasteiger partial charge in [0.15, 0.2) is 0 Å². The second kappa shape index (κ2) is 5.17. The molecule has 1 N–H and O–H groups in total. The largest absolute Gasteiger partial charge is 0.573 e. The van der Waals surface area contributed by atoms with Gasteiger partial charge in [0.05, 0.1) is 17.1 Å². The fourth-order valence-corrected chi connectivity index (χ4v) is 2.00. The molecule has 0 aliphatic heterocycles. The number of nitrogens with one attached hydrogen (secondary N) is 1. The number of benzene rings is 1. The minimum absolute atomic E-state index is 0.289. The van der Waals surface area contributed by atoms with E-state index in [4.69, 9.17) is 0 Å². The van der Waals surface area contributed by atoms with E-state index in [0.29, 0.717) is 17.1 Å². The van der Waals surface area contributed by atoms with Crippen molar-refractivity contribution in [3.8, 4) is 22.8 Å². The fraction of sp³-hybridized carbons (Fsp3) is 0.154. The number of alkyl halides is 3. The Morgan fingerprint density at radius 1 is 1.14 bits per heavy atom. The maximum absolute atomic E-state index is 12.1. The SMILES string of the molecule is Cc1c(-c2ccn[nH]2)nnn1-c1ccc(OC(F)(F)F)cc1. The van der Waals surface area contributed by atoms with Crippen LogP contribution in [0.2, 0.25) is 0 Å². The van der Waals surface area contributed by atoms with Crippen molar-refractivity contribution in [1.82, 2.24) is 25.2 Å². The van der Waals surface area contributed by atoms with Gasteiger partial charge in [0.2, 0.25) is 0 Å². The molecule has 0 fully saturated rings. The number of rotatable bonds is 3. The molecular formula is C13H10F3N5O. The van der Waals surface area contributed by atoms with Crippen molar-refractivity contribution < 1.29 is 17.9 Å². The zero-order chi connectivity index (χ0) is 15.7. The summed E-state index contributed by atoms with van der Waals surface area (Å²) >= 11 is 0. The molecule has 2 aromatic heterocycles. The molecule has 0 aliphatic rings. The van der Waals surface area contributed by atoms with Crippen LogP contribution in [0, 0.1) is 6.92 Å². The van der Waals surface area contributed by atoms with Crippen LogP contribution in [0.25, 0.3) is 17.1 Å². The third kappa shape index (κ3) is 2.78. The summed E-state index contributed by atoms with van der Waals surface area (Å²) in [6.45, 7) is 1.80. The predicted molar refractivity (Wildman–Crippen MR) is 70.4 cm³/mol. The molecule has 3 rings (SSSR count). The molecule has 0 unspecified atom stereocenters. The number of nitrogens with zero attached hydrogens (tertiary/aromatic N) is 4. The molecule has 3 aromatic rings. The average molecular weight is 309 g/mol. The molecule has 6 nitrogen and oxygen atoms in total. The predicted octanol–water partition coefficient (Wildman–Crippen LogP) is 2.86. The third-order valence-corrected chi connectivity index (χ3v) is 2.97. The smallest absolute Gasteiger partial charge is 0.406 e. The van der Waals surface area contributed by atoms with Crippen molar-refractivity contribution in [1.29, 1.82) is 0 Å². The lowest BCUT2D eigenvalue weighted by atomic mass is 10.2. The van der Waals surface area contributed by atoms with Gasteiger partial charge >= 0.3 is 6.36 Å². The van der Waals surface area contributed by atoms with Crippen molar-refractivity contribution in [2.45, 2.75) is 13.3 Å². The van der Waals surface area contributed by atoms with Gasteiger partial charge in [-0.2, -0.15) is 5.10 Å². The first-order valence-corrected chi connectivity index (χ1v) is 6.22. The van der Waals surface area contributed by atoms with Gasteiger partial charge in [-0.05, 0) is 37.3 Å². The van der Waals surface area contributed by atoms with Crippen LogP contribution in [0.3, 0.4) is 0 Å². The standard InChI is InChI=1S/C13H10F3N5O/c1-8-12(11-6-7-17-18-11)19-20-21(8)9-2-4-10(5-3-9)22-13(14,15)16/h2-7H,1H3,(H,17,18). The van der Waals surface area contributed by atoms with Crippen molar-refractivity contribution in [3.63, 3.8) is 0 Å². The second-order valence-corrected chi connectivity index (χ2v) is 4.45. The van der Waals surface area contributed by atoms with E-state index in [1.165, 1.54) is 28.9 Å². The Bertz CT molecular complexity index is 762. The molecule has 0 saturated carbocycles. The van der Waals surface area contributed by atoms with E-state index in [2.05, 4.69) is 25.2 Å². The summed E-state index contributed by atoms with van der Waals surface area (Å²) in [5.74, 6) is -0.289. The highest BCUT2D eigenvalue weighted by Crippen LogP contribution is 2.25. The minimum atomic E-state index is -4.71. The van der Waals surface area contributed by atoms with Gasteiger partial charge in [-0.15, -0.1) is 18.3 Å². The lowest BCUT2D eigenvalue weighted by molar-refractivity contribution is -0.274. The average Bonchev–Trinajstić information content (AvgIpc) is 3.07. The van der Waals surface area contributed by atoms with Gasteiger partial charge in [0.25, 0.3) is 0 Å². The Morgan fingerprint density at radius 2 is 1.86 bits per heavy atom. The van der Waals surface area contributed by atoms with Crippen molar-refractivity contribution in [2.24, 2.45) is 0 Å². The number of aromatic amines is 1. The van der Waals surface area contributed by atoms with Crippen molar-refractivity contribution in [2.75, 3.05) is 0 Å². The highest BCUT2D eigenvalue weighted by molar-refractivity contribution is 5.56. The maximum atomic E-state index is 12.1. The Morgan fingerprint density at radius 3 is 2.45 bits per heavy atom. The summed E-state index contributed by atoms with van der Waals surface area (Å²) in [5.41, 5.74) is 2.63. The molecule has 2 heterocycles. The number of aromatic nitrogens is 5. The van der Waals surface area contributed by atoms with E-state index in [-0.39, 0.29) is 5.75 Å². The van der Waals surface area contributed by atoms with Crippen LogP contribution < -0.4 is 4.74 Å². The highest BCUT2D eigenvalue weighted by Gasteiger charge is 2.31. The number of H-pyrrole nitrogens is 1. The monoisotopic (exact) mass is 309 g/mol. The lowest BCUT2D eigenvalue weighted by Gasteiger charge is -2.09. The van der Waals surface area contributed by atoms with E-state index < -0.39 is 6.36 Å². The second-order valence-electron chi connectivity index (χ2n) is 4.45. The van der Waals surface area contributed by atoms with Gasteiger partial charge in [-0.1, -0.05) is 5.21 Å². The van der Waals surface area contributed by atoms with Crippen LogP contribution in [0.15, 0.2) is 36.5 Å². The zero-order valence-electron chi connectivity index (χ0n) is 11.3. The number of hydrogen-bond acceptors (Lipinski definition) is 4. The van der Waals surface area contributed by atoms with E-state index in [9.17, 15) is 13.2 Å². The highest BCUT2D eigenvalue weighted by atomic mass is 19.4. The quantitative estimate of drug-likeness (QED) is 0.808. The van der Waals surface area contributed by atoms with E-state index >= 15 is 0 Å². The minimum Gasteiger partial charge on any atom is -0.406 e. The molecule has 0 saturated heterocycles. The topological polar surface area (TPSA) is 68.6 Å². The summed E-state index contributed by atoms with van der Waals surface area (Å²) < 4.78 is 41.7. The van der Waals surface area contributed by atoms with Crippen LogP contribution in [0.4, 0.5) is 13.2 Å². The maximum Gasteiger partial charge on any atom is 0.573 e. The third-order valence-electron chi connectivity index (χ3n) is 2.97. The van der Waals surface area contributed by atoms with E-state index in [0.717, 1.165) is 5.69 Å². The lowest BCUT2D eigenvalue weighted by Crippen LogP contribution is -2.17. The number of halogens is 3. The Balaban J connectivity index is 1.89. The fourth-order valence-electron chi connectivity index (χ4n) is 2.00. The van der Waals surface area contributed by atoms with Gasteiger partial charge in [0.1, 0.15) is 11.4 Å². The van der Waals surface area contributed by atoms with Crippen LogP contribution in [0.5, 0.6) is 5.75 Å². The number of hydrogen-bond donors (Lipinski definition) is 1. The summed E-state index contributed by atoms with van der Waals surface area (Å²) in [7, 11) is 0.